The topological polar surface area (TPSA) is 46.2 Å². The zero-order valence-electron chi connectivity index (χ0n) is 7.37. The maximum atomic E-state index is 8.98. The Hall–Kier alpha value is -1.06. The summed E-state index contributed by atoms with van der Waals surface area (Å²) in [7, 11) is 0. The zero-order valence-corrected chi connectivity index (χ0v) is 8.19. The third-order valence-corrected chi connectivity index (χ3v) is 3.03. The molecule has 0 spiro atoms. The van der Waals surface area contributed by atoms with Gasteiger partial charge in [0.1, 0.15) is 0 Å². The number of fused-ring (bicyclic) bond motifs is 1. The Morgan fingerprint density at radius 2 is 2.15 bits per heavy atom. The van der Waals surface area contributed by atoms with Gasteiger partial charge in [0, 0.05) is 20.7 Å². The molecule has 2 aromatic rings. The maximum absolute atomic E-state index is 8.98. The molecule has 1 heterocycles. The second kappa shape index (κ2) is 3.01. The fraction of sp³-hybridized carbons (Fsp3) is 0.200. The molecule has 3 heteroatoms. The van der Waals surface area contributed by atoms with Gasteiger partial charge in [0.25, 0.3) is 0 Å². The number of aliphatic hydroxyl groups is 1. The summed E-state index contributed by atoms with van der Waals surface area (Å²) in [5.74, 6) is 0. The van der Waals surface area contributed by atoms with Crippen LogP contribution in [0.15, 0.2) is 18.2 Å². The number of hydrogen-bond donors (Lipinski definition) is 2. The van der Waals surface area contributed by atoms with E-state index in [0.29, 0.717) is 0 Å². The Kier molecular flexibility index (Phi) is 1.98. The molecule has 1 aromatic carbocycles. The number of anilines is 1. The van der Waals surface area contributed by atoms with E-state index in [4.69, 9.17) is 10.8 Å². The zero-order chi connectivity index (χ0) is 9.42. The van der Waals surface area contributed by atoms with Gasteiger partial charge in [-0.05, 0) is 30.7 Å². The van der Waals surface area contributed by atoms with Crippen LogP contribution in [0.2, 0.25) is 0 Å². The van der Waals surface area contributed by atoms with Gasteiger partial charge in [0.05, 0.1) is 6.61 Å². The normalized spacial score (nSPS) is 10.9. The molecule has 13 heavy (non-hydrogen) atoms. The molecule has 1 aromatic heterocycles. The Bertz CT molecular complexity index is 447. The SMILES string of the molecule is Cc1cc2c(N)cc(CO)cc2s1. The van der Waals surface area contributed by atoms with Crippen molar-refractivity contribution < 1.29 is 5.11 Å². The molecule has 0 saturated heterocycles. The van der Waals surface area contributed by atoms with Gasteiger partial charge in [-0.3, -0.25) is 0 Å². The monoisotopic (exact) mass is 193 g/mol. The standard InChI is InChI=1S/C10H11NOS/c1-6-2-8-9(11)3-7(5-12)4-10(8)13-6/h2-4,12H,5,11H2,1H3. The Morgan fingerprint density at radius 3 is 2.85 bits per heavy atom. The molecule has 68 valence electrons. The quantitative estimate of drug-likeness (QED) is 0.682. The van der Waals surface area contributed by atoms with Crippen molar-refractivity contribution in [1.29, 1.82) is 0 Å². The molecule has 0 bridgehead atoms. The van der Waals surface area contributed by atoms with Crippen molar-refractivity contribution in [2.24, 2.45) is 0 Å². The van der Waals surface area contributed by atoms with E-state index in [1.165, 1.54) is 4.88 Å². The lowest BCUT2D eigenvalue weighted by Gasteiger charge is -1.99. The van der Waals surface area contributed by atoms with Crippen molar-refractivity contribution in [2.45, 2.75) is 13.5 Å². The third-order valence-electron chi connectivity index (χ3n) is 2.03. The van der Waals surface area contributed by atoms with Crippen molar-refractivity contribution in [2.75, 3.05) is 5.73 Å². The van der Waals surface area contributed by atoms with Crippen LogP contribution >= 0.6 is 11.3 Å². The van der Waals surface area contributed by atoms with Crippen LogP contribution < -0.4 is 5.73 Å². The minimum atomic E-state index is 0.0527. The van der Waals surface area contributed by atoms with E-state index in [0.717, 1.165) is 21.3 Å². The number of rotatable bonds is 1. The van der Waals surface area contributed by atoms with E-state index in [-0.39, 0.29) is 6.61 Å². The van der Waals surface area contributed by atoms with Crippen LogP contribution in [0.5, 0.6) is 0 Å². The fourth-order valence-electron chi connectivity index (χ4n) is 1.44. The molecule has 2 rings (SSSR count). The van der Waals surface area contributed by atoms with Crippen LogP contribution in [0.4, 0.5) is 5.69 Å². The van der Waals surface area contributed by atoms with Crippen LogP contribution in [-0.4, -0.2) is 5.11 Å². The van der Waals surface area contributed by atoms with Gasteiger partial charge in [-0.15, -0.1) is 11.3 Å². The minimum absolute atomic E-state index is 0.0527. The van der Waals surface area contributed by atoms with Gasteiger partial charge in [0.15, 0.2) is 0 Å². The molecule has 0 radical (unpaired) electrons. The second-order valence-electron chi connectivity index (χ2n) is 3.11. The maximum Gasteiger partial charge on any atom is 0.0683 e. The smallest absolute Gasteiger partial charge is 0.0683 e. The first-order chi connectivity index (χ1) is 6.20. The number of hydrogen-bond acceptors (Lipinski definition) is 3. The van der Waals surface area contributed by atoms with Crippen molar-refractivity contribution in [3.63, 3.8) is 0 Å². The number of aryl methyl sites for hydroxylation is 1. The predicted molar refractivity (Wildman–Crippen MR) is 56.9 cm³/mol. The highest BCUT2D eigenvalue weighted by atomic mass is 32.1. The molecule has 0 saturated carbocycles. The average molecular weight is 193 g/mol. The van der Waals surface area contributed by atoms with Gasteiger partial charge in [-0.25, -0.2) is 0 Å². The lowest BCUT2D eigenvalue weighted by molar-refractivity contribution is 0.282. The highest BCUT2D eigenvalue weighted by molar-refractivity contribution is 7.19. The first kappa shape index (κ1) is 8.53. The molecule has 0 amide bonds. The summed E-state index contributed by atoms with van der Waals surface area (Å²) in [6.45, 7) is 2.11. The van der Waals surface area contributed by atoms with Crippen LogP contribution in [0.3, 0.4) is 0 Å². The summed E-state index contributed by atoms with van der Waals surface area (Å²) in [5.41, 5.74) is 7.48. The summed E-state index contributed by atoms with van der Waals surface area (Å²) < 4.78 is 1.15. The average Bonchev–Trinajstić information content (AvgIpc) is 2.46. The minimum Gasteiger partial charge on any atom is -0.398 e. The molecule has 0 aliphatic heterocycles. The van der Waals surface area contributed by atoms with Crippen LogP contribution in [0.1, 0.15) is 10.4 Å². The summed E-state index contributed by atoms with van der Waals surface area (Å²) in [5, 5.41) is 10.1. The molecule has 0 unspecified atom stereocenters. The summed E-state index contributed by atoms with van der Waals surface area (Å²) >= 11 is 1.70. The van der Waals surface area contributed by atoms with E-state index >= 15 is 0 Å². The highest BCUT2D eigenvalue weighted by Gasteiger charge is 2.03. The van der Waals surface area contributed by atoms with Crippen molar-refractivity contribution in [3.8, 4) is 0 Å². The van der Waals surface area contributed by atoms with Gasteiger partial charge in [0.2, 0.25) is 0 Å². The number of aliphatic hydroxyl groups excluding tert-OH is 1. The molecular formula is C10H11NOS. The Balaban J connectivity index is 2.75. The lowest BCUT2D eigenvalue weighted by atomic mass is 10.1. The first-order valence-corrected chi connectivity index (χ1v) is 4.92. The van der Waals surface area contributed by atoms with Crippen LogP contribution in [-0.2, 0) is 6.61 Å². The van der Waals surface area contributed by atoms with E-state index in [1.54, 1.807) is 11.3 Å². The lowest BCUT2D eigenvalue weighted by Crippen LogP contribution is -1.89. The molecule has 0 atom stereocenters. The highest BCUT2D eigenvalue weighted by Crippen LogP contribution is 2.30. The van der Waals surface area contributed by atoms with Crippen LogP contribution in [0, 0.1) is 6.92 Å². The summed E-state index contributed by atoms with van der Waals surface area (Å²) in [4.78, 5) is 1.25. The first-order valence-electron chi connectivity index (χ1n) is 4.10. The number of benzene rings is 1. The third kappa shape index (κ3) is 1.41. The summed E-state index contributed by atoms with van der Waals surface area (Å²) in [6.07, 6.45) is 0. The largest absolute Gasteiger partial charge is 0.398 e. The Morgan fingerprint density at radius 1 is 1.38 bits per heavy atom. The summed E-state index contributed by atoms with van der Waals surface area (Å²) in [6, 6.07) is 5.90. The number of nitrogen functional groups attached to an aromatic ring is 1. The number of thiophene rings is 1. The number of nitrogens with two attached hydrogens (primary N) is 1. The van der Waals surface area contributed by atoms with Gasteiger partial charge in [-0.1, -0.05) is 0 Å². The Labute approximate surface area is 80.6 Å². The molecular weight excluding hydrogens is 182 g/mol. The molecule has 0 aliphatic carbocycles. The molecule has 0 fully saturated rings. The van der Waals surface area contributed by atoms with Gasteiger partial charge < -0.3 is 10.8 Å². The van der Waals surface area contributed by atoms with E-state index in [1.807, 2.05) is 12.1 Å². The molecule has 3 N–H and O–H groups in total. The van der Waals surface area contributed by atoms with Crippen molar-refractivity contribution in [1.82, 2.24) is 0 Å². The second-order valence-corrected chi connectivity index (χ2v) is 4.40. The van der Waals surface area contributed by atoms with Crippen molar-refractivity contribution >= 4 is 27.1 Å². The molecule has 0 aliphatic rings. The van der Waals surface area contributed by atoms with E-state index in [2.05, 4.69) is 13.0 Å². The van der Waals surface area contributed by atoms with Crippen molar-refractivity contribution in [3.05, 3.63) is 28.6 Å². The van der Waals surface area contributed by atoms with E-state index in [9.17, 15) is 0 Å². The predicted octanol–water partition coefficient (Wildman–Crippen LogP) is 2.28. The van der Waals surface area contributed by atoms with Crippen LogP contribution in [0.25, 0.3) is 10.1 Å². The van der Waals surface area contributed by atoms with E-state index < -0.39 is 0 Å². The molecule has 2 nitrogen and oxygen atoms in total. The fourth-order valence-corrected chi connectivity index (χ4v) is 2.46. The van der Waals surface area contributed by atoms with Gasteiger partial charge in [-0.2, -0.15) is 0 Å². The van der Waals surface area contributed by atoms with Gasteiger partial charge >= 0.3 is 0 Å².